The van der Waals surface area contributed by atoms with Crippen molar-refractivity contribution in [3.05, 3.63) is 30.0 Å². The van der Waals surface area contributed by atoms with Gasteiger partial charge in [0.25, 0.3) is 5.91 Å². The summed E-state index contributed by atoms with van der Waals surface area (Å²) in [5.74, 6) is -0.155. The molecule has 0 aliphatic heterocycles. The van der Waals surface area contributed by atoms with Gasteiger partial charge in [0.1, 0.15) is 11.3 Å². The number of hydrogen-bond acceptors (Lipinski definition) is 4. The van der Waals surface area contributed by atoms with Gasteiger partial charge in [-0.2, -0.15) is 0 Å². The van der Waals surface area contributed by atoms with E-state index in [0.29, 0.717) is 22.5 Å². The van der Waals surface area contributed by atoms with E-state index in [9.17, 15) is 9.59 Å². The minimum atomic E-state index is -0.437. The Balaban J connectivity index is 2.40. The van der Waals surface area contributed by atoms with Gasteiger partial charge in [0.05, 0.1) is 5.84 Å². The number of benzene rings is 1. The Morgan fingerprint density at radius 1 is 1.29 bits per heavy atom. The standard InChI is InChI=1S/C18H23N3O3/c1-5-8-11(2)17(22)21-15-13-9-6-7-10-14(13)24-16(15)18(23)20-12(3)19-4/h6-7,9-11H,5,8H2,1-4H3,(H,21,22)(H,19,20,23)/t11-/m1/s1. The first-order valence-electron chi connectivity index (χ1n) is 8.05. The van der Waals surface area contributed by atoms with E-state index in [4.69, 9.17) is 4.42 Å². The summed E-state index contributed by atoms with van der Waals surface area (Å²) in [5.41, 5.74) is 0.951. The normalized spacial score (nSPS) is 12.9. The molecule has 0 aliphatic carbocycles. The maximum absolute atomic E-state index is 12.4. The predicted molar refractivity (Wildman–Crippen MR) is 95.4 cm³/mol. The average molecular weight is 329 g/mol. The summed E-state index contributed by atoms with van der Waals surface area (Å²) in [6.45, 7) is 5.58. The van der Waals surface area contributed by atoms with Crippen LogP contribution in [0.25, 0.3) is 11.0 Å². The summed E-state index contributed by atoms with van der Waals surface area (Å²) in [4.78, 5) is 28.7. The van der Waals surface area contributed by atoms with E-state index in [1.54, 1.807) is 20.0 Å². The number of furan rings is 1. The van der Waals surface area contributed by atoms with E-state index in [1.807, 2.05) is 32.0 Å². The third-order valence-electron chi connectivity index (χ3n) is 3.85. The molecule has 1 aromatic heterocycles. The second kappa shape index (κ2) is 7.77. The lowest BCUT2D eigenvalue weighted by Crippen LogP contribution is -2.29. The molecule has 2 amide bonds. The van der Waals surface area contributed by atoms with E-state index in [-0.39, 0.29) is 17.6 Å². The number of fused-ring (bicyclic) bond motifs is 1. The fourth-order valence-electron chi connectivity index (χ4n) is 2.42. The molecule has 2 aromatic rings. The Morgan fingerprint density at radius 2 is 2.00 bits per heavy atom. The molecule has 0 spiro atoms. The molecule has 0 saturated heterocycles. The lowest BCUT2D eigenvalue weighted by Gasteiger charge is -2.11. The first-order valence-corrected chi connectivity index (χ1v) is 8.05. The number of rotatable bonds is 5. The van der Waals surface area contributed by atoms with Crippen LogP contribution in [-0.4, -0.2) is 24.7 Å². The third-order valence-corrected chi connectivity index (χ3v) is 3.85. The summed E-state index contributed by atoms with van der Waals surface area (Å²) < 4.78 is 5.67. The topological polar surface area (TPSA) is 83.7 Å². The van der Waals surface area contributed by atoms with Gasteiger partial charge < -0.3 is 15.1 Å². The van der Waals surface area contributed by atoms with Crippen LogP contribution in [0.1, 0.15) is 44.2 Å². The van der Waals surface area contributed by atoms with Crippen LogP contribution in [0.15, 0.2) is 33.7 Å². The van der Waals surface area contributed by atoms with Gasteiger partial charge in [-0.15, -0.1) is 0 Å². The van der Waals surface area contributed by atoms with Gasteiger partial charge in [-0.1, -0.05) is 32.4 Å². The summed E-state index contributed by atoms with van der Waals surface area (Å²) in [6, 6.07) is 7.23. The third kappa shape index (κ3) is 3.82. The SMILES string of the molecule is CCC[C@@H](C)C(=O)Nc1c(C(=O)NC(C)=NC)oc2ccccc12. The number of carbonyl (C=O) groups is 2. The Kier molecular flexibility index (Phi) is 5.73. The molecule has 0 aliphatic rings. The quantitative estimate of drug-likeness (QED) is 0.649. The van der Waals surface area contributed by atoms with E-state index in [1.165, 1.54) is 0 Å². The first-order chi connectivity index (χ1) is 11.5. The molecule has 24 heavy (non-hydrogen) atoms. The number of carbonyl (C=O) groups excluding carboxylic acids is 2. The van der Waals surface area contributed by atoms with Gasteiger partial charge in [-0.25, -0.2) is 0 Å². The van der Waals surface area contributed by atoms with Gasteiger partial charge >= 0.3 is 0 Å². The minimum Gasteiger partial charge on any atom is -0.449 e. The van der Waals surface area contributed by atoms with Crippen molar-refractivity contribution in [1.29, 1.82) is 0 Å². The van der Waals surface area contributed by atoms with Crippen molar-refractivity contribution in [2.45, 2.75) is 33.6 Å². The molecule has 0 fully saturated rings. The molecule has 6 heteroatoms. The predicted octanol–water partition coefficient (Wildman–Crippen LogP) is 3.59. The van der Waals surface area contributed by atoms with Crippen LogP contribution in [0, 0.1) is 5.92 Å². The fourth-order valence-corrected chi connectivity index (χ4v) is 2.42. The highest BCUT2D eigenvalue weighted by atomic mass is 16.3. The van der Waals surface area contributed by atoms with Crippen LogP contribution < -0.4 is 10.6 Å². The van der Waals surface area contributed by atoms with Crippen LogP contribution in [0.2, 0.25) is 0 Å². The van der Waals surface area contributed by atoms with Gasteiger partial charge in [0.15, 0.2) is 0 Å². The fraction of sp³-hybridized carbons (Fsp3) is 0.389. The Bertz CT molecular complexity index is 777. The van der Waals surface area contributed by atoms with E-state index in [0.717, 1.165) is 12.8 Å². The molecule has 0 bridgehead atoms. The van der Waals surface area contributed by atoms with Crippen LogP contribution >= 0.6 is 0 Å². The molecule has 128 valence electrons. The Hall–Kier alpha value is -2.63. The Labute approximate surface area is 141 Å². The molecule has 2 N–H and O–H groups in total. The lowest BCUT2D eigenvalue weighted by molar-refractivity contribution is -0.119. The minimum absolute atomic E-state index is 0.0799. The lowest BCUT2D eigenvalue weighted by atomic mass is 10.1. The maximum Gasteiger partial charge on any atom is 0.294 e. The van der Waals surface area contributed by atoms with Gasteiger partial charge in [-0.05, 0) is 25.5 Å². The number of hydrogen-bond donors (Lipinski definition) is 2. The van der Waals surface area contributed by atoms with Gasteiger partial charge in [-0.3, -0.25) is 14.6 Å². The summed E-state index contributed by atoms with van der Waals surface area (Å²) in [7, 11) is 1.59. The van der Waals surface area contributed by atoms with Crippen LogP contribution in [0.5, 0.6) is 0 Å². The van der Waals surface area contributed by atoms with Crippen molar-refractivity contribution >= 4 is 34.3 Å². The Morgan fingerprint density at radius 3 is 2.67 bits per heavy atom. The molecule has 1 heterocycles. The van der Waals surface area contributed by atoms with Gasteiger partial charge in [0.2, 0.25) is 11.7 Å². The van der Waals surface area contributed by atoms with Gasteiger partial charge in [0, 0.05) is 18.4 Å². The van der Waals surface area contributed by atoms with Crippen molar-refractivity contribution in [3.8, 4) is 0 Å². The monoisotopic (exact) mass is 329 g/mol. The number of anilines is 1. The van der Waals surface area contributed by atoms with Crippen LogP contribution in [0.4, 0.5) is 5.69 Å². The number of aliphatic imine (C=N–C) groups is 1. The molecule has 6 nitrogen and oxygen atoms in total. The molecule has 2 rings (SSSR count). The summed E-state index contributed by atoms with van der Waals surface area (Å²) >= 11 is 0. The average Bonchev–Trinajstić information content (AvgIpc) is 2.93. The van der Waals surface area contributed by atoms with Crippen molar-refractivity contribution in [2.75, 3.05) is 12.4 Å². The largest absolute Gasteiger partial charge is 0.449 e. The van der Waals surface area contributed by atoms with E-state index in [2.05, 4.69) is 15.6 Å². The van der Waals surface area contributed by atoms with Crippen molar-refractivity contribution in [2.24, 2.45) is 10.9 Å². The second-order valence-electron chi connectivity index (χ2n) is 5.74. The van der Waals surface area contributed by atoms with E-state index < -0.39 is 5.91 Å². The number of nitrogens with one attached hydrogen (secondary N) is 2. The zero-order valence-corrected chi connectivity index (χ0v) is 14.5. The maximum atomic E-state index is 12.4. The molecule has 1 atom stereocenters. The highest BCUT2D eigenvalue weighted by Crippen LogP contribution is 2.31. The van der Waals surface area contributed by atoms with Crippen LogP contribution in [-0.2, 0) is 4.79 Å². The van der Waals surface area contributed by atoms with Crippen molar-refractivity contribution in [1.82, 2.24) is 5.32 Å². The molecular formula is C18H23N3O3. The molecule has 0 saturated carbocycles. The van der Waals surface area contributed by atoms with Crippen molar-refractivity contribution < 1.29 is 14.0 Å². The summed E-state index contributed by atoms with van der Waals surface area (Å²) in [5, 5.41) is 6.20. The zero-order chi connectivity index (χ0) is 17.7. The number of nitrogens with zero attached hydrogens (tertiary/aromatic N) is 1. The van der Waals surface area contributed by atoms with Crippen LogP contribution in [0.3, 0.4) is 0 Å². The zero-order valence-electron chi connectivity index (χ0n) is 14.5. The molecular weight excluding hydrogens is 306 g/mol. The number of para-hydroxylation sites is 1. The molecule has 0 radical (unpaired) electrons. The number of amides is 2. The van der Waals surface area contributed by atoms with Crippen molar-refractivity contribution in [3.63, 3.8) is 0 Å². The smallest absolute Gasteiger partial charge is 0.294 e. The highest BCUT2D eigenvalue weighted by Gasteiger charge is 2.24. The highest BCUT2D eigenvalue weighted by molar-refractivity contribution is 6.14. The summed E-state index contributed by atoms with van der Waals surface area (Å²) in [6.07, 6.45) is 1.70. The van der Waals surface area contributed by atoms with E-state index >= 15 is 0 Å². The molecule has 1 aromatic carbocycles. The second-order valence-corrected chi connectivity index (χ2v) is 5.74. The number of amidine groups is 1. The molecule has 0 unspecified atom stereocenters. The first kappa shape index (κ1) is 17.7.